The number of benzene rings is 1. The summed E-state index contributed by atoms with van der Waals surface area (Å²) in [4.78, 5) is 21.7. The lowest BCUT2D eigenvalue weighted by Gasteiger charge is -2.07. The molecule has 0 spiro atoms. The minimum atomic E-state index is -0.509. The number of rotatable bonds is 7. The lowest BCUT2D eigenvalue weighted by molar-refractivity contribution is -0.383. The van der Waals surface area contributed by atoms with Crippen molar-refractivity contribution in [3.05, 3.63) is 33.3 Å². The van der Waals surface area contributed by atoms with E-state index in [9.17, 15) is 14.9 Å². The zero-order valence-electron chi connectivity index (χ0n) is 10.6. The van der Waals surface area contributed by atoms with Crippen LogP contribution in [-0.2, 0) is 4.79 Å². The van der Waals surface area contributed by atoms with Crippen molar-refractivity contribution in [3.8, 4) is 0 Å². The Hall–Kier alpha value is -1.82. The van der Waals surface area contributed by atoms with Gasteiger partial charge in [0, 0.05) is 30.6 Å². The van der Waals surface area contributed by atoms with Crippen LogP contribution < -0.4 is 10.6 Å². The van der Waals surface area contributed by atoms with Crippen LogP contribution in [0, 0.1) is 10.1 Å². The van der Waals surface area contributed by atoms with Crippen LogP contribution in [0.25, 0.3) is 0 Å². The van der Waals surface area contributed by atoms with Gasteiger partial charge in [-0.1, -0.05) is 18.5 Å². The van der Waals surface area contributed by atoms with Crippen molar-refractivity contribution in [1.82, 2.24) is 5.32 Å². The number of nitro groups is 1. The molecule has 1 rings (SSSR count). The molecule has 0 aromatic heterocycles. The van der Waals surface area contributed by atoms with Crippen molar-refractivity contribution < 1.29 is 9.72 Å². The Morgan fingerprint density at radius 1 is 1.42 bits per heavy atom. The molecule has 7 heteroatoms. The molecule has 104 valence electrons. The summed E-state index contributed by atoms with van der Waals surface area (Å²) in [6.07, 6.45) is 1.14. The van der Waals surface area contributed by atoms with Gasteiger partial charge in [0.2, 0.25) is 5.91 Å². The van der Waals surface area contributed by atoms with Gasteiger partial charge in [-0.15, -0.1) is 0 Å². The standard InChI is InChI=1S/C12H16ClN3O3/c1-2-6-15-12(17)5-7-14-10-4-3-9(13)8-11(10)16(18)19/h3-4,8,14H,2,5-7H2,1H3,(H,15,17). The summed E-state index contributed by atoms with van der Waals surface area (Å²) in [6, 6.07) is 4.37. The highest BCUT2D eigenvalue weighted by Gasteiger charge is 2.14. The molecule has 0 saturated heterocycles. The molecule has 0 heterocycles. The number of nitro benzene ring substituents is 1. The highest BCUT2D eigenvalue weighted by atomic mass is 35.5. The zero-order chi connectivity index (χ0) is 14.3. The first-order valence-electron chi connectivity index (χ1n) is 5.99. The van der Waals surface area contributed by atoms with Gasteiger partial charge in [0.15, 0.2) is 0 Å². The van der Waals surface area contributed by atoms with Crippen molar-refractivity contribution in [2.45, 2.75) is 19.8 Å². The average molecular weight is 286 g/mol. The normalized spacial score (nSPS) is 10.0. The highest BCUT2D eigenvalue weighted by Crippen LogP contribution is 2.27. The fraction of sp³-hybridized carbons (Fsp3) is 0.417. The summed E-state index contributed by atoms with van der Waals surface area (Å²) in [6.45, 7) is 2.94. The second kappa shape index (κ2) is 7.58. The van der Waals surface area contributed by atoms with Gasteiger partial charge < -0.3 is 10.6 Å². The fourth-order valence-electron chi connectivity index (χ4n) is 1.47. The molecule has 2 N–H and O–H groups in total. The molecule has 6 nitrogen and oxygen atoms in total. The van der Waals surface area contributed by atoms with E-state index in [1.54, 1.807) is 6.07 Å². The Kier molecular flexibility index (Phi) is 6.08. The molecule has 0 atom stereocenters. The number of nitrogens with one attached hydrogen (secondary N) is 2. The monoisotopic (exact) mass is 285 g/mol. The Bertz CT molecular complexity index is 466. The van der Waals surface area contributed by atoms with Crippen LogP contribution in [0.1, 0.15) is 19.8 Å². The van der Waals surface area contributed by atoms with Crippen LogP contribution in [0.2, 0.25) is 5.02 Å². The van der Waals surface area contributed by atoms with Gasteiger partial charge in [-0.2, -0.15) is 0 Å². The summed E-state index contributed by atoms with van der Waals surface area (Å²) in [5.74, 6) is -0.0778. The number of anilines is 1. The predicted molar refractivity (Wildman–Crippen MR) is 74.5 cm³/mol. The van der Waals surface area contributed by atoms with Gasteiger partial charge in [-0.3, -0.25) is 14.9 Å². The minimum Gasteiger partial charge on any atom is -0.379 e. The molecule has 0 aliphatic carbocycles. The molecular formula is C12H16ClN3O3. The van der Waals surface area contributed by atoms with Crippen LogP contribution in [-0.4, -0.2) is 23.9 Å². The van der Waals surface area contributed by atoms with E-state index in [-0.39, 0.29) is 18.0 Å². The molecule has 0 aliphatic rings. The summed E-state index contributed by atoms with van der Waals surface area (Å²) in [5, 5.41) is 16.7. The number of carbonyl (C=O) groups is 1. The average Bonchev–Trinajstić information content (AvgIpc) is 2.37. The van der Waals surface area contributed by atoms with Gasteiger partial charge in [0.25, 0.3) is 5.69 Å². The molecule has 1 aromatic carbocycles. The topological polar surface area (TPSA) is 84.3 Å². The minimum absolute atomic E-state index is 0.0778. The van der Waals surface area contributed by atoms with Crippen LogP contribution in [0.15, 0.2) is 18.2 Å². The lowest BCUT2D eigenvalue weighted by Crippen LogP contribution is -2.25. The van der Waals surface area contributed by atoms with Gasteiger partial charge in [-0.25, -0.2) is 0 Å². The van der Waals surface area contributed by atoms with E-state index in [0.29, 0.717) is 23.8 Å². The second-order valence-electron chi connectivity index (χ2n) is 3.95. The number of halogens is 1. The van der Waals surface area contributed by atoms with Crippen molar-refractivity contribution in [3.63, 3.8) is 0 Å². The molecule has 19 heavy (non-hydrogen) atoms. The molecule has 0 aliphatic heterocycles. The zero-order valence-corrected chi connectivity index (χ0v) is 11.4. The third kappa shape index (κ3) is 5.13. The van der Waals surface area contributed by atoms with Crippen LogP contribution in [0.5, 0.6) is 0 Å². The number of nitrogens with zero attached hydrogens (tertiary/aromatic N) is 1. The lowest BCUT2D eigenvalue weighted by atomic mass is 10.2. The maximum Gasteiger partial charge on any atom is 0.293 e. The summed E-state index contributed by atoms with van der Waals surface area (Å²) in [7, 11) is 0. The van der Waals surface area contributed by atoms with Crippen molar-refractivity contribution in [2.24, 2.45) is 0 Å². The SMILES string of the molecule is CCCNC(=O)CCNc1ccc(Cl)cc1[N+](=O)[O-]. The first kappa shape index (κ1) is 15.2. The fourth-order valence-corrected chi connectivity index (χ4v) is 1.64. The van der Waals surface area contributed by atoms with E-state index >= 15 is 0 Å². The number of carbonyl (C=O) groups excluding carboxylic acids is 1. The van der Waals surface area contributed by atoms with Gasteiger partial charge in [0.05, 0.1) is 4.92 Å². The van der Waals surface area contributed by atoms with Gasteiger partial charge in [0.1, 0.15) is 5.69 Å². The van der Waals surface area contributed by atoms with E-state index < -0.39 is 4.92 Å². The van der Waals surface area contributed by atoms with Gasteiger partial charge >= 0.3 is 0 Å². The van der Waals surface area contributed by atoms with E-state index in [1.165, 1.54) is 12.1 Å². The quantitative estimate of drug-likeness (QED) is 0.596. The summed E-state index contributed by atoms with van der Waals surface area (Å²) in [5.41, 5.74) is 0.263. The van der Waals surface area contributed by atoms with Crippen LogP contribution in [0.3, 0.4) is 0 Å². The second-order valence-corrected chi connectivity index (χ2v) is 4.38. The third-order valence-electron chi connectivity index (χ3n) is 2.40. The molecular weight excluding hydrogens is 270 g/mol. The van der Waals surface area contributed by atoms with Gasteiger partial charge in [-0.05, 0) is 18.6 Å². The first-order chi connectivity index (χ1) is 9.04. The van der Waals surface area contributed by atoms with Crippen molar-refractivity contribution in [1.29, 1.82) is 0 Å². The Morgan fingerprint density at radius 3 is 2.79 bits per heavy atom. The van der Waals surface area contributed by atoms with E-state index in [2.05, 4.69) is 10.6 Å². The molecule has 1 amide bonds. The van der Waals surface area contributed by atoms with E-state index in [0.717, 1.165) is 6.42 Å². The number of hydrogen-bond donors (Lipinski definition) is 2. The summed E-state index contributed by atoms with van der Waals surface area (Å²) >= 11 is 5.71. The predicted octanol–water partition coefficient (Wildman–Crippen LogP) is 2.58. The van der Waals surface area contributed by atoms with Crippen LogP contribution in [0.4, 0.5) is 11.4 Å². The molecule has 0 bridgehead atoms. The molecule has 0 unspecified atom stereocenters. The van der Waals surface area contributed by atoms with E-state index in [1.807, 2.05) is 6.92 Å². The van der Waals surface area contributed by atoms with E-state index in [4.69, 9.17) is 11.6 Å². The number of hydrogen-bond acceptors (Lipinski definition) is 4. The molecule has 0 fully saturated rings. The highest BCUT2D eigenvalue weighted by molar-refractivity contribution is 6.30. The molecule has 0 radical (unpaired) electrons. The molecule has 0 saturated carbocycles. The Balaban J connectivity index is 2.53. The maximum atomic E-state index is 11.4. The Labute approximate surface area is 116 Å². The van der Waals surface area contributed by atoms with Crippen molar-refractivity contribution in [2.75, 3.05) is 18.4 Å². The van der Waals surface area contributed by atoms with Crippen molar-refractivity contribution >= 4 is 28.9 Å². The smallest absolute Gasteiger partial charge is 0.293 e. The first-order valence-corrected chi connectivity index (χ1v) is 6.37. The number of amides is 1. The third-order valence-corrected chi connectivity index (χ3v) is 2.63. The maximum absolute atomic E-state index is 11.4. The largest absolute Gasteiger partial charge is 0.379 e. The molecule has 1 aromatic rings. The summed E-state index contributed by atoms with van der Waals surface area (Å²) < 4.78 is 0. The van der Waals surface area contributed by atoms with Crippen LogP contribution >= 0.6 is 11.6 Å². The Morgan fingerprint density at radius 2 is 2.16 bits per heavy atom.